The molecule has 1 atom stereocenters. The molecule has 0 aromatic rings. The van der Waals surface area contributed by atoms with Gasteiger partial charge >= 0.3 is 0 Å². The summed E-state index contributed by atoms with van der Waals surface area (Å²) in [4.78, 5) is 15.9. The number of hydrogen-bond donors (Lipinski definition) is 1. The number of morpholine rings is 1. The molecule has 0 aromatic carbocycles. The van der Waals surface area contributed by atoms with Gasteiger partial charge in [-0.2, -0.15) is 0 Å². The van der Waals surface area contributed by atoms with Gasteiger partial charge in [0.15, 0.2) is 0 Å². The molecule has 7 heteroatoms. The van der Waals surface area contributed by atoms with E-state index in [0.29, 0.717) is 0 Å². The first-order valence-corrected chi connectivity index (χ1v) is 11.1. The average Bonchev–Trinajstić information content (AvgIpc) is 3.04. The molecule has 0 spiro atoms. The predicted octanol–water partition coefficient (Wildman–Crippen LogP) is 3.38. The summed E-state index contributed by atoms with van der Waals surface area (Å²) in [6, 6.07) is 0. The van der Waals surface area contributed by atoms with Crippen LogP contribution in [0.25, 0.3) is 0 Å². The Balaban J connectivity index is 1.54. The van der Waals surface area contributed by atoms with Gasteiger partial charge in [-0.05, 0) is 19.3 Å². The lowest BCUT2D eigenvalue weighted by atomic mass is 10.1. The number of unbranched alkanes of at least 4 members (excludes halogenated alkanes) is 2. The summed E-state index contributed by atoms with van der Waals surface area (Å²) in [6.07, 6.45) is 6.31. The van der Waals surface area contributed by atoms with Gasteiger partial charge in [-0.25, -0.2) is 0 Å². The Morgan fingerprint density at radius 2 is 2.05 bits per heavy atom. The maximum Gasteiger partial charge on any atom is 0.278 e. The lowest BCUT2D eigenvalue weighted by Gasteiger charge is -2.29. The van der Waals surface area contributed by atoms with Gasteiger partial charge in [0, 0.05) is 43.7 Å². The summed E-state index contributed by atoms with van der Waals surface area (Å²) in [6.45, 7) is 6.15. The zero-order valence-electron chi connectivity index (χ0n) is 13.2. The molecule has 0 aromatic heterocycles. The van der Waals surface area contributed by atoms with Crippen LogP contribution in [0, 0.1) is 0 Å². The first-order chi connectivity index (χ1) is 10.8. The van der Waals surface area contributed by atoms with E-state index in [0.717, 1.165) is 57.6 Å². The molecule has 0 saturated carbocycles. The molecule has 2 aliphatic rings. The van der Waals surface area contributed by atoms with Crippen molar-refractivity contribution in [3.05, 3.63) is 0 Å². The molecule has 22 heavy (non-hydrogen) atoms. The third-order valence-corrected chi connectivity index (χ3v) is 7.53. The highest BCUT2D eigenvalue weighted by Gasteiger charge is 2.16. The van der Waals surface area contributed by atoms with Crippen LogP contribution >= 0.6 is 34.2 Å². The van der Waals surface area contributed by atoms with E-state index in [1.807, 2.05) is 15.7 Å². The van der Waals surface area contributed by atoms with E-state index in [1.54, 1.807) is 0 Å². The second-order valence-corrected chi connectivity index (χ2v) is 9.07. The Hall–Kier alpha value is 0.440. The maximum atomic E-state index is 11.6. The third-order valence-electron chi connectivity index (χ3n) is 4.24. The smallest absolute Gasteiger partial charge is 0.278 e. The molecule has 2 aliphatic heterocycles. The Labute approximate surface area is 147 Å². The van der Waals surface area contributed by atoms with E-state index in [2.05, 4.69) is 28.3 Å². The number of hydrogen-bond acceptors (Lipinski definition) is 5. The van der Waals surface area contributed by atoms with Gasteiger partial charge in [0.2, 0.25) is 0 Å². The monoisotopic (exact) mass is 364 g/mol. The lowest BCUT2D eigenvalue weighted by Crippen LogP contribution is -2.42. The van der Waals surface area contributed by atoms with E-state index in [-0.39, 0.29) is 5.24 Å². The number of amides is 1. The minimum atomic E-state index is -0.0870. The molecule has 128 valence electrons. The van der Waals surface area contributed by atoms with Crippen LogP contribution in [0.3, 0.4) is 0 Å². The molecular weight excluding hydrogens is 336 g/mol. The predicted molar refractivity (Wildman–Crippen MR) is 100 cm³/mol. The van der Waals surface area contributed by atoms with Crippen LogP contribution in [0.2, 0.25) is 0 Å². The summed E-state index contributed by atoms with van der Waals surface area (Å²) < 4.78 is 5.35. The van der Waals surface area contributed by atoms with Crippen LogP contribution in [-0.2, 0) is 4.74 Å². The van der Waals surface area contributed by atoms with Crippen molar-refractivity contribution in [2.75, 3.05) is 51.7 Å². The van der Waals surface area contributed by atoms with Crippen LogP contribution in [0.1, 0.15) is 32.1 Å². The summed E-state index contributed by atoms with van der Waals surface area (Å²) >= 11 is 4.02. The van der Waals surface area contributed by atoms with Gasteiger partial charge < -0.3 is 9.64 Å². The fraction of sp³-hybridized carbons (Fsp3) is 0.933. The highest BCUT2D eigenvalue weighted by Crippen LogP contribution is 2.39. The zero-order valence-corrected chi connectivity index (χ0v) is 15.8. The standard InChI is InChI=1S/C15H28N2O2S3/c18-15(20)17(8-7-16-9-11-19-12-10-16)6-3-1-2-4-14-5-13-21-22-14/h14H,1-13H2,(H,18,20)/t14-/m1/s1. The zero-order chi connectivity index (χ0) is 15.6. The molecule has 4 nitrogen and oxygen atoms in total. The van der Waals surface area contributed by atoms with Gasteiger partial charge in [0.1, 0.15) is 0 Å². The van der Waals surface area contributed by atoms with E-state index in [9.17, 15) is 4.79 Å². The molecule has 0 aliphatic carbocycles. The average molecular weight is 365 g/mol. The molecule has 2 saturated heterocycles. The molecule has 2 rings (SSSR count). The lowest BCUT2D eigenvalue weighted by molar-refractivity contribution is 0.0353. The molecule has 2 fully saturated rings. The van der Waals surface area contributed by atoms with Crippen LogP contribution < -0.4 is 0 Å². The molecule has 0 bridgehead atoms. The Morgan fingerprint density at radius 1 is 1.23 bits per heavy atom. The van der Waals surface area contributed by atoms with E-state index >= 15 is 0 Å². The van der Waals surface area contributed by atoms with Gasteiger partial charge in [-0.1, -0.05) is 47.1 Å². The van der Waals surface area contributed by atoms with Crippen LogP contribution in [0.5, 0.6) is 0 Å². The molecule has 2 heterocycles. The van der Waals surface area contributed by atoms with Crippen molar-refractivity contribution < 1.29 is 9.53 Å². The van der Waals surface area contributed by atoms with E-state index in [4.69, 9.17) is 4.74 Å². The summed E-state index contributed by atoms with van der Waals surface area (Å²) in [5.41, 5.74) is 0. The normalized spacial score (nSPS) is 22.9. The number of thiol groups is 1. The number of nitrogens with zero attached hydrogens (tertiary/aromatic N) is 2. The SMILES string of the molecule is O=C(S)N(CCCCC[C@@H]1CCSS1)CCN1CCOCC1. The van der Waals surface area contributed by atoms with Crippen molar-refractivity contribution in [3.63, 3.8) is 0 Å². The number of ether oxygens (including phenoxy) is 1. The topological polar surface area (TPSA) is 32.8 Å². The Bertz CT molecular complexity index is 322. The van der Waals surface area contributed by atoms with E-state index < -0.39 is 0 Å². The fourth-order valence-electron chi connectivity index (χ4n) is 2.81. The van der Waals surface area contributed by atoms with Gasteiger partial charge in [0.25, 0.3) is 5.24 Å². The maximum absolute atomic E-state index is 11.6. The summed E-state index contributed by atoms with van der Waals surface area (Å²) in [5.74, 6) is 1.32. The van der Waals surface area contributed by atoms with Crippen molar-refractivity contribution >= 4 is 39.5 Å². The second-order valence-electron chi connectivity index (χ2n) is 5.90. The highest BCUT2D eigenvalue weighted by molar-refractivity contribution is 8.77. The molecule has 0 radical (unpaired) electrons. The second kappa shape index (κ2) is 11.1. The minimum Gasteiger partial charge on any atom is -0.379 e. The largest absolute Gasteiger partial charge is 0.379 e. The minimum absolute atomic E-state index is 0.0870. The van der Waals surface area contributed by atoms with E-state index in [1.165, 1.54) is 31.4 Å². The number of carbonyl (C=O) groups excluding carboxylic acids is 1. The molecule has 0 unspecified atom stereocenters. The van der Waals surface area contributed by atoms with Crippen LogP contribution in [0.15, 0.2) is 0 Å². The Morgan fingerprint density at radius 3 is 2.73 bits per heavy atom. The van der Waals surface area contributed by atoms with Crippen LogP contribution in [-0.4, -0.2) is 72.0 Å². The number of rotatable bonds is 9. The summed E-state index contributed by atoms with van der Waals surface area (Å²) in [7, 11) is 4.07. The summed E-state index contributed by atoms with van der Waals surface area (Å²) in [5, 5.41) is 0.782. The van der Waals surface area contributed by atoms with Crippen molar-refractivity contribution in [1.82, 2.24) is 9.80 Å². The van der Waals surface area contributed by atoms with Crippen molar-refractivity contribution in [2.45, 2.75) is 37.4 Å². The van der Waals surface area contributed by atoms with Gasteiger partial charge in [-0.3, -0.25) is 9.69 Å². The van der Waals surface area contributed by atoms with Crippen molar-refractivity contribution in [3.8, 4) is 0 Å². The van der Waals surface area contributed by atoms with Crippen molar-refractivity contribution in [2.24, 2.45) is 0 Å². The first-order valence-electron chi connectivity index (χ1n) is 8.32. The quantitative estimate of drug-likeness (QED) is 0.385. The van der Waals surface area contributed by atoms with Gasteiger partial charge in [0.05, 0.1) is 13.2 Å². The third kappa shape index (κ3) is 7.34. The number of carbonyl (C=O) groups is 1. The first kappa shape index (κ1) is 18.8. The molecular formula is C15H28N2O2S3. The molecule has 1 amide bonds. The molecule has 0 N–H and O–H groups in total. The highest BCUT2D eigenvalue weighted by atomic mass is 33.1. The van der Waals surface area contributed by atoms with Crippen molar-refractivity contribution in [1.29, 1.82) is 0 Å². The van der Waals surface area contributed by atoms with Crippen LogP contribution in [0.4, 0.5) is 4.79 Å². The van der Waals surface area contributed by atoms with Gasteiger partial charge in [-0.15, -0.1) is 0 Å². The fourth-order valence-corrected chi connectivity index (χ4v) is 6.03. The Kier molecular flexibility index (Phi) is 9.45.